The second-order valence-corrected chi connectivity index (χ2v) is 3.91. The Morgan fingerprint density at radius 2 is 2.25 bits per heavy atom. The zero-order chi connectivity index (χ0) is 9.19. The van der Waals surface area contributed by atoms with Gasteiger partial charge < -0.3 is 10.2 Å². The molecule has 2 N–H and O–H groups in total. The molecule has 0 aromatic rings. The molecule has 1 rings (SSSR count). The highest BCUT2D eigenvalue weighted by atomic mass is 16.3. The van der Waals surface area contributed by atoms with Crippen molar-refractivity contribution in [2.75, 3.05) is 19.6 Å². The van der Waals surface area contributed by atoms with Crippen LogP contribution in [0.5, 0.6) is 0 Å². The van der Waals surface area contributed by atoms with E-state index in [4.69, 9.17) is 5.11 Å². The van der Waals surface area contributed by atoms with Crippen molar-refractivity contribution in [3.05, 3.63) is 0 Å². The molecule has 72 valence electrons. The molecule has 1 saturated heterocycles. The smallest absolute Gasteiger partial charge is 0.0783 e. The first-order chi connectivity index (χ1) is 5.56. The molecule has 1 fully saturated rings. The van der Waals surface area contributed by atoms with Crippen LogP contribution in [-0.2, 0) is 0 Å². The average Bonchev–Trinajstić information content (AvgIpc) is 2.32. The third-order valence-electron chi connectivity index (χ3n) is 2.59. The summed E-state index contributed by atoms with van der Waals surface area (Å²) < 4.78 is 0. The van der Waals surface area contributed by atoms with Crippen LogP contribution in [0.1, 0.15) is 26.7 Å². The standard InChI is InChI=1S/C9H19NO2/c1-3-9(12)4-5-10(7-9)6-8(2)11/h8,11-12H,3-7H2,1-2H3. The fourth-order valence-corrected chi connectivity index (χ4v) is 1.76. The lowest BCUT2D eigenvalue weighted by Crippen LogP contribution is -2.35. The number of hydrogen-bond acceptors (Lipinski definition) is 3. The molecule has 0 saturated carbocycles. The van der Waals surface area contributed by atoms with Crippen molar-refractivity contribution < 1.29 is 10.2 Å². The maximum absolute atomic E-state index is 9.86. The minimum absolute atomic E-state index is 0.288. The fourth-order valence-electron chi connectivity index (χ4n) is 1.76. The molecule has 0 bridgehead atoms. The lowest BCUT2D eigenvalue weighted by molar-refractivity contribution is 0.0397. The van der Waals surface area contributed by atoms with E-state index in [1.165, 1.54) is 0 Å². The number of nitrogens with zero attached hydrogens (tertiary/aromatic N) is 1. The molecule has 0 aromatic heterocycles. The van der Waals surface area contributed by atoms with Crippen LogP contribution in [0, 0.1) is 0 Å². The van der Waals surface area contributed by atoms with Gasteiger partial charge in [-0.25, -0.2) is 0 Å². The van der Waals surface area contributed by atoms with Crippen LogP contribution in [0.3, 0.4) is 0 Å². The topological polar surface area (TPSA) is 43.7 Å². The summed E-state index contributed by atoms with van der Waals surface area (Å²) in [7, 11) is 0. The second kappa shape index (κ2) is 3.73. The summed E-state index contributed by atoms with van der Waals surface area (Å²) in [5, 5.41) is 19.0. The molecule has 0 aromatic carbocycles. The first kappa shape index (κ1) is 9.96. The third-order valence-corrected chi connectivity index (χ3v) is 2.59. The number of hydrogen-bond donors (Lipinski definition) is 2. The Labute approximate surface area is 74.0 Å². The average molecular weight is 173 g/mol. The highest BCUT2D eigenvalue weighted by molar-refractivity contribution is 4.89. The SMILES string of the molecule is CCC1(O)CCN(CC(C)O)C1. The first-order valence-corrected chi connectivity index (χ1v) is 4.68. The summed E-state index contributed by atoms with van der Waals surface area (Å²) in [4.78, 5) is 2.12. The molecular formula is C9H19NO2. The van der Waals surface area contributed by atoms with E-state index < -0.39 is 5.60 Å². The van der Waals surface area contributed by atoms with Gasteiger partial charge in [-0.2, -0.15) is 0 Å². The van der Waals surface area contributed by atoms with E-state index in [-0.39, 0.29) is 6.10 Å². The largest absolute Gasteiger partial charge is 0.392 e. The van der Waals surface area contributed by atoms with Crippen LogP contribution in [0.2, 0.25) is 0 Å². The van der Waals surface area contributed by atoms with E-state index in [0.717, 1.165) is 19.4 Å². The number of β-amino-alcohol motifs (C(OH)–C–C–N with tert-alkyl or cyclic N) is 2. The van der Waals surface area contributed by atoms with Crippen molar-refractivity contribution in [3.63, 3.8) is 0 Å². The van der Waals surface area contributed by atoms with Gasteiger partial charge in [-0.05, 0) is 19.8 Å². The molecular weight excluding hydrogens is 154 g/mol. The van der Waals surface area contributed by atoms with Crippen LogP contribution < -0.4 is 0 Å². The van der Waals surface area contributed by atoms with E-state index in [1.807, 2.05) is 6.92 Å². The molecule has 12 heavy (non-hydrogen) atoms. The van der Waals surface area contributed by atoms with Gasteiger partial charge in [0.15, 0.2) is 0 Å². The summed E-state index contributed by atoms with van der Waals surface area (Å²) in [6.07, 6.45) is 1.36. The molecule has 3 heteroatoms. The number of aliphatic hydroxyl groups excluding tert-OH is 1. The molecule has 0 spiro atoms. The molecule has 1 aliphatic rings. The zero-order valence-electron chi connectivity index (χ0n) is 7.95. The Balaban J connectivity index is 2.35. The lowest BCUT2D eigenvalue weighted by atomic mass is 10.0. The van der Waals surface area contributed by atoms with Gasteiger partial charge in [0, 0.05) is 19.6 Å². The fraction of sp³-hybridized carbons (Fsp3) is 1.00. The van der Waals surface area contributed by atoms with Crippen LogP contribution >= 0.6 is 0 Å². The molecule has 2 unspecified atom stereocenters. The van der Waals surface area contributed by atoms with Crippen molar-refractivity contribution >= 4 is 0 Å². The maximum atomic E-state index is 9.86. The van der Waals surface area contributed by atoms with Gasteiger partial charge in [-0.3, -0.25) is 4.90 Å². The number of aliphatic hydroxyl groups is 2. The monoisotopic (exact) mass is 173 g/mol. The normalized spacial score (nSPS) is 34.0. The van der Waals surface area contributed by atoms with Crippen molar-refractivity contribution in [1.82, 2.24) is 4.90 Å². The zero-order valence-corrected chi connectivity index (χ0v) is 7.95. The quantitative estimate of drug-likeness (QED) is 0.641. The summed E-state index contributed by atoms with van der Waals surface area (Å²) >= 11 is 0. The van der Waals surface area contributed by atoms with Crippen LogP contribution in [0.25, 0.3) is 0 Å². The predicted octanol–water partition coefficient (Wildman–Crippen LogP) is 0.214. The van der Waals surface area contributed by atoms with Crippen molar-refractivity contribution in [2.24, 2.45) is 0 Å². The maximum Gasteiger partial charge on any atom is 0.0783 e. The highest BCUT2D eigenvalue weighted by Gasteiger charge is 2.34. The first-order valence-electron chi connectivity index (χ1n) is 4.68. The molecule has 2 atom stereocenters. The van der Waals surface area contributed by atoms with Crippen molar-refractivity contribution in [2.45, 2.75) is 38.4 Å². The van der Waals surface area contributed by atoms with Gasteiger partial charge in [0.05, 0.1) is 11.7 Å². The Morgan fingerprint density at radius 3 is 2.67 bits per heavy atom. The minimum atomic E-state index is -0.491. The summed E-state index contributed by atoms with van der Waals surface area (Å²) in [6, 6.07) is 0. The molecule has 3 nitrogen and oxygen atoms in total. The van der Waals surface area contributed by atoms with Gasteiger partial charge in [0.2, 0.25) is 0 Å². The van der Waals surface area contributed by atoms with E-state index in [9.17, 15) is 5.11 Å². The Morgan fingerprint density at radius 1 is 1.58 bits per heavy atom. The molecule has 0 aliphatic carbocycles. The van der Waals surface area contributed by atoms with Gasteiger partial charge in [0.25, 0.3) is 0 Å². The van der Waals surface area contributed by atoms with Crippen LogP contribution in [-0.4, -0.2) is 46.5 Å². The Hall–Kier alpha value is -0.120. The van der Waals surface area contributed by atoms with E-state index in [0.29, 0.717) is 13.1 Å². The Bertz CT molecular complexity index is 149. The molecule has 1 heterocycles. The van der Waals surface area contributed by atoms with Gasteiger partial charge >= 0.3 is 0 Å². The van der Waals surface area contributed by atoms with Gasteiger partial charge in [0.1, 0.15) is 0 Å². The van der Waals surface area contributed by atoms with Crippen LogP contribution in [0.15, 0.2) is 0 Å². The van der Waals surface area contributed by atoms with Gasteiger partial charge in [-0.1, -0.05) is 6.92 Å². The van der Waals surface area contributed by atoms with Crippen molar-refractivity contribution in [1.29, 1.82) is 0 Å². The van der Waals surface area contributed by atoms with E-state index in [1.54, 1.807) is 6.92 Å². The molecule has 1 aliphatic heterocycles. The van der Waals surface area contributed by atoms with E-state index in [2.05, 4.69) is 4.90 Å². The predicted molar refractivity (Wildman–Crippen MR) is 48.0 cm³/mol. The summed E-state index contributed by atoms with van der Waals surface area (Å²) in [5.41, 5.74) is -0.491. The van der Waals surface area contributed by atoms with Crippen LogP contribution in [0.4, 0.5) is 0 Å². The summed E-state index contributed by atoms with van der Waals surface area (Å²) in [6.45, 7) is 6.10. The van der Waals surface area contributed by atoms with Gasteiger partial charge in [-0.15, -0.1) is 0 Å². The number of likely N-dealkylation sites (tertiary alicyclic amines) is 1. The van der Waals surface area contributed by atoms with E-state index >= 15 is 0 Å². The highest BCUT2D eigenvalue weighted by Crippen LogP contribution is 2.23. The summed E-state index contributed by atoms with van der Waals surface area (Å²) in [5.74, 6) is 0. The third kappa shape index (κ3) is 2.44. The molecule has 0 amide bonds. The number of rotatable bonds is 3. The minimum Gasteiger partial charge on any atom is -0.392 e. The Kier molecular flexibility index (Phi) is 3.09. The second-order valence-electron chi connectivity index (χ2n) is 3.91. The lowest BCUT2D eigenvalue weighted by Gasteiger charge is -2.22. The molecule has 0 radical (unpaired) electrons. The van der Waals surface area contributed by atoms with Crippen molar-refractivity contribution in [3.8, 4) is 0 Å².